The zero-order valence-electron chi connectivity index (χ0n) is 15.7. The second kappa shape index (κ2) is 9.05. The molecule has 3 aromatic rings. The molecule has 0 spiro atoms. The van der Waals surface area contributed by atoms with Gasteiger partial charge in [0.15, 0.2) is 24.8 Å². The van der Waals surface area contributed by atoms with Gasteiger partial charge >= 0.3 is 5.25 Å². The minimum absolute atomic E-state index is 0.444. The van der Waals surface area contributed by atoms with Crippen molar-refractivity contribution in [3.8, 4) is 0 Å². The van der Waals surface area contributed by atoms with Crippen molar-refractivity contribution >= 4 is 31.1 Å². The molecule has 0 heterocycles. The van der Waals surface area contributed by atoms with Gasteiger partial charge < -0.3 is 4.55 Å². The quantitative estimate of drug-likeness (QED) is 0.274. The average molecular weight is 487 g/mol. The number of halogens is 2. The summed E-state index contributed by atoms with van der Waals surface area (Å²) < 4.78 is 86.5. The van der Waals surface area contributed by atoms with E-state index in [0.717, 1.165) is 14.7 Å². The molecule has 0 amide bonds. The lowest BCUT2D eigenvalue weighted by atomic mass is 10.4. The highest BCUT2D eigenvalue weighted by atomic mass is 32.2. The van der Waals surface area contributed by atoms with E-state index >= 15 is 0 Å². The Labute approximate surface area is 181 Å². The fourth-order valence-electron chi connectivity index (χ4n) is 2.55. The Bertz CT molecular complexity index is 1190. The summed E-state index contributed by atoms with van der Waals surface area (Å²) in [5, 5.41) is -4.87. The molecule has 0 aliphatic carbocycles. The fourth-order valence-corrected chi connectivity index (χ4v) is 5.82. The Balaban J connectivity index is 1.90. The molecule has 0 aliphatic heterocycles. The van der Waals surface area contributed by atoms with Gasteiger partial charge in [-0.3, -0.25) is 4.18 Å². The number of hydrogen-bond acceptors (Lipinski definition) is 6. The van der Waals surface area contributed by atoms with Crippen LogP contribution in [0.5, 0.6) is 0 Å². The Morgan fingerprint density at radius 1 is 0.742 bits per heavy atom. The summed E-state index contributed by atoms with van der Waals surface area (Å²) in [5.41, 5.74) is 0. The molecule has 0 atom stereocenters. The molecule has 0 bridgehead atoms. The lowest BCUT2D eigenvalue weighted by Gasteiger charge is -2.19. The summed E-state index contributed by atoms with van der Waals surface area (Å²) >= 11 is 0. The molecule has 0 fully saturated rings. The summed E-state index contributed by atoms with van der Waals surface area (Å²) in [4.78, 5) is 2.30. The van der Waals surface area contributed by atoms with Gasteiger partial charge in [0.1, 0.15) is 6.61 Å². The largest absolute Gasteiger partial charge is 0.743 e. The molecule has 3 rings (SSSR count). The molecule has 0 saturated carbocycles. The van der Waals surface area contributed by atoms with E-state index < -0.39 is 47.9 Å². The summed E-state index contributed by atoms with van der Waals surface area (Å²) in [6.07, 6.45) is 0. The second-order valence-electron chi connectivity index (χ2n) is 6.21. The average Bonchev–Trinajstić information content (AvgIpc) is 2.74. The smallest absolute Gasteiger partial charge is 0.358 e. The van der Waals surface area contributed by atoms with E-state index in [1.165, 1.54) is 24.3 Å². The van der Waals surface area contributed by atoms with Gasteiger partial charge in [-0.25, -0.2) is 8.42 Å². The highest BCUT2D eigenvalue weighted by Gasteiger charge is 2.40. The monoisotopic (exact) mass is 486 g/mol. The van der Waals surface area contributed by atoms with E-state index in [4.69, 9.17) is 0 Å². The molecule has 0 unspecified atom stereocenters. The Hall–Kier alpha value is -2.31. The van der Waals surface area contributed by atoms with Crippen LogP contribution in [0.4, 0.5) is 8.78 Å². The lowest BCUT2D eigenvalue weighted by Crippen LogP contribution is -2.34. The summed E-state index contributed by atoms with van der Waals surface area (Å²) in [5.74, 6) is 0. The van der Waals surface area contributed by atoms with Crippen molar-refractivity contribution in [3.63, 3.8) is 0 Å². The highest BCUT2D eigenvalue weighted by Crippen LogP contribution is 2.32. The van der Waals surface area contributed by atoms with Crippen LogP contribution in [-0.2, 0) is 35.3 Å². The maximum Gasteiger partial charge on any atom is 0.358 e. The van der Waals surface area contributed by atoms with Crippen molar-refractivity contribution in [2.75, 3.05) is 6.61 Å². The van der Waals surface area contributed by atoms with Crippen molar-refractivity contribution in [1.82, 2.24) is 0 Å². The molecule has 3 aromatic carbocycles. The maximum atomic E-state index is 13.2. The van der Waals surface area contributed by atoms with Gasteiger partial charge in [0.05, 0.1) is 15.8 Å². The van der Waals surface area contributed by atoms with Gasteiger partial charge in [-0.05, 0) is 48.5 Å². The molecule has 164 valence electrons. The molecule has 0 aliphatic rings. The molecular weight excluding hydrogens is 470 g/mol. The van der Waals surface area contributed by atoms with Crippen molar-refractivity contribution in [1.29, 1.82) is 0 Å². The summed E-state index contributed by atoms with van der Waals surface area (Å²) in [7, 11) is -11.3. The second-order valence-corrected chi connectivity index (χ2v) is 11.4. The minimum Gasteiger partial charge on any atom is -0.743 e. The topological polar surface area (TPSA) is 101 Å². The molecule has 0 aromatic heterocycles. The van der Waals surface area contributed by atoms with Crippen LogP contribution in [0, 0.1) is 0 Å². The number of hydrogen-bond donors (Lipinski definition) is 0. The standard InChI is InChI=1S/C20H16F2O6S3/c21-20(22,31(25,26)27)15-28-30(23,24)19-13-11-18(12-14-19)29(16-7-3-1-4-8-16)17-9-5-2-6-10-17/h1-14H,15H2. The zero-order valence-corrected chi connectivity index (χ0v) is 18.2. The van der Waals surface area contributed by atoms with E-state index in [-0.39, 0.29) is 0 Å². The van der Waals surface area contributed by atoms with E-state index in [2.05, 4.69) is 4.18 Å². The SMILES string of the molecule is O=S(=O)(OCC(F)(F)S(=O)(=O)[O-])c1ccc([S+](c2ccccc2)c2ccccc2)cc1. The van der Waals surface area contributed by atoms with E-state index in [9.17, 15) is 30.2 Å². The Morgan fingerprint density at radius 2 is 1.16 bits per heavy atom. The predicted octanol–water partition coefficient (Wildman–Crippen LogP) is 3.63. The molecule has 0 saturated heterocycles. The minimum atomic E-state index is -6.06. The maximum absolute atomic E-state index is 13.2. The van der Waals surface area contributed by atoms with Crippen molar-refractivity contribution in [2.45, 2.75) is 24.8 Å². The first kappa shape index (κ1) is 23.4. The van der Waals surface area contributed by atoms with Crippen LogP contribution in [0.2, 0.25) is 0 Å². The molecule has 0 N–H and O–H groups in total. The van der Waals surface area contributed by atoms with Crippen LogP contribution in [-0.4, -0.2) is 33.2 Å². The van der Waals surface area contributed by atoms with Gasteiger partial charge in [0.25, 0.3) is 10.1 Å². The van der Waals surface area contributed by atoms with Crippen LogP contribution in [0.15, 0.2) is 105 Å². The predicted molar refractivity (Wildman–Crippen MR) is 109 cm³/mol. The van der Waals surface area contributed by atoms with Crippen LogP contribution in [0.25, 0.3) is 0 Å². The van der Waals surface area contributed by atoms with Crippen molar-refractivity contribution in [3.05, 3.63) is 84.9 Å². The van der Waals surface area contributed by atoms with Crippen molar-refractivity contribution < 1.29 is 34.4 Å². The van der Waals surface area contributed by atoms with Crippen LogP contribution < -0.4 is 0 Å². The van der Waals surface area contributed by atoms with Gasteiger partial charge in [0, 0.05) is 0 Å². The van der Waals surface area contributed by atoms with Gasteiger partial charge in [-0.2, -0.15) is 17.2 Å². The summed E-state index contributed by atoms with van der Waals surface area (Å²) in [6, 6.07) is 24.5. The lowest BCUT2D eigenvalue weighted by molar-refractivity contribution is 0.0303. The van der Waals surface area contributed by atoms with E-state index in [1.54, 1.807) is 0 Å². The first-order valence-corrected chi connectivity index (χ1v) is 12.7. The molecular formula is C20H16F2O6S3. The molecule has 0 radical (unpaired) electrons. The van der Waals surface area contributed by atoms with Crippen molar-refractivity contribution in [2.24, 2.45) is 0 Å². The van der Waals surface area contributed by atoms with E-state index in [1.807, 2.05) is 60.7 Å². The highest BCUT2D eigenvalue weighted by molar-refractivity contribution is 7.97. The first-order chi connectivity index (χ1) is 14.5. The van der Waals surface area contributed by atoms with Crippen LogP contribution >= 0.6 is 0 Å². The Kier molecular flexibility index (Phi) is 6.82. The summed E-state index contributed by atoms with van der Waals surface area (Å²) in [6.45, 7) is -2.10. The zero-order chi connectivity index (χ0) is 22.7. The number of alkyl halides is 2. The molecule has 6 nitrogen and oxygen atoms in total. The molecule has 11 heteroatoms. The first-order valence-electron chi connectivity index (χ1n) is 8.68. The Morgan fingerprint density at radius 3 is 1.58 bits per heavy atom. The number of benzene rings is 3. The van der Waals surface area contributed by atoms with Crippen LogP contribution in [0.1, 0.15) is 0 Å². The third-order valence-electron chi connectivity index (χ3n) is 4.05. The van der Waals surface area contributed by atoms with Gasteiger partial charge in [-0.1, -0.05) is 36.4 Å². The fraction of sp³-hybridized carbons (Fsp3) is 0.100. The molecule has 31 heavy (non-hydrogen) atoms. The number of rotatable bonds is 8. The van der Waals surface area contributed by atoms with E-state index in [0.29, 0.717) is 0 Å². The van der Waals surface area contributed by atoms with Gasteiger partial charge in [-0.15, -0.1) is 0 Å². The van der Waals surface area contributed by atoms with Gasteiger partial charge in [0.2, 0.25) is 0 Å². The third kappa shape index (κ3) is 5.49. The normalized spacial score (nSPS) is 12.8. The van der Waals surface area contributed by atoms with Crippen LogP contribution in [0.3, 0.4) is 0 Å². The third-order valence-corrected chi connectivity index (χ3v) is 8.41.